The second-order valence-electron chi connectivity index (χ2n) is 18.8. The number of aromatic amines is 1. The number of urea groups is 1. The minimum absolute atomic E-state index is 0.0415. The van der Waals surface area contributed by atoms with E-state index in [4.69, 9.17) is 14.2 Å². The van der Waals surface area contributed by atoms with Crippen LogP contribution in [0.1, 0.15) is 98.4 Å². The Hall–Kier alpha value is -6.61. The first-order valence-corrected chi connectivity index (χ1v) is 22.8. The van der Waals surface area contributed by atoms with Gasteiger partial charge in [-0.3, -0.25) is 24.9 Å². The first kappa shape index (κ1) is 43.6. The van der Waals surface area contributed by atoms with Crippen molar-refractivity contribution in [2.45, 2.75) is 84.1 Å². The Balaban J connectivity index is 0.746. The molecule has 9 rings (SSSR count). The second-order valence-corrected chi connectivity index (χ2v) is 18.8. The number of amides is 4. The molecule has 3 aromatic heterocycles. The SMILES string of the molecule is COc1cc(N2CCC(CCN3CCC(c4ccc(-c5cnc6[nH]nc(-c7ccc(CNC(=O)c8nc(C(C)(C)C)no8)c(C)c7)c6c5)cc4)CC3)CC2)ccc1N1CCC(=O)NC1=O. The Morgan fingerprint density at radius 2 is 1.68 bits per heavy atom. The summed E-state index contributed by atoms with van der Waals surface area (Å²) in [5.74, 6) is 1.71. The van der Waals surface area contributed by atoms with Crippen LogP contribution in [0.25, 0.3) is 33.4 Å². The van der Waals surface area contributed by atoms with Gasteiger partial charge in [0.2, 0.25) is 5.91 Å². The van der Waals surface area contributed by atoms with Crippen molar-refractivity contribution in [1.82, 2.24) is 40.9 Å². The lowest BCUT2D eigenvalue weighted by atomic mass is 9.88. The normalized spacial score (nSPS) is 16.9. The summed E-state index contributed by atoms with van der Waals surface area (Å²) in [6.07, 6.45) is 8.06. The molecule has 0 aliphatic carbocycles. The van der Waals surface area contributed by atoms with Gasteiger partial charge in [-0.1, -0.05) is 62.3 Å². The maximum absolute atomic E-state index is 12.7. The van der Waals surface area contributed by atoms with Crippen LogP contribution in [-0.2, 0) is 16.8 Å². The van der Waals surface area contributed by atoms with Crippen LogP contribution in [0.3, 0.4) is 0 Å². The quantitative estimate of drug-likeness (QED) is 0.108. The van der Waals surface area contributed by atoms with Gasteiger partial charge in [-0.05, 0) is 117 Å². The Morgan fingerprint density at radius 1 is 0.908 bits per heavy atom. The van der Waals surface area contributed by atoms with Crippen LogP contribution >= 0.6 is 0 Å². The molecule has 3 N–H and O–H groups in total. The zero-order valence-electron chi connectivity index (χ0n) is 37.9. The van der Waals surface area contributed by atoms with Crippen molar-refractivity contribution < 1.29 is 23.6 Å². The third-order valence-electron chi connectivity index (χ3n) is 13.4. The smallest absolute Gasteiger partial charge is 0.328 e. The Bertz CT molecular complexity index is 2690. The number of pyridine rings is 1. The number of carbonyl (C=O) groups is 3. The minimum atomic E-state index is -0.405. The monoisotopic (exact) mass is 878 g/mol. The van der Waals surface area contributed by atoms with Crippen LogP contribution in [0.4, 0.5) is 16.2 Å². The summed E-state index contributed by atoms with van der Waals surface area (Å²) < 4.78 is 10.9. The van der Waals surface area contributed by atoms with Crippen molar-refractivity contribution in [2.24, 2.45) is 5.92 Å². The highest BCUT2D eigenvalue weighted by molar-refractivity contribution is 6.06. The molecular formula is C50H58N10O5. The highest BCUT2D eigenvalue weighted by atomic mass is 16.5. The average Bonchev–Trinajstić information content (AvgIpc) is 4.00. The maximum atomic E-state index is 12.7. The predicted octanol–water partition coefficient (Wildman–Crippen LogP) is 8.15. The van der Waals surface area contributed by atoms with Gasteiger partial charge in [0.15, 0.2) is 11.5 Å². The molecule has 0 unspecified atom stereocenters. The van der Waals surface area contributed by atoms with E-state index < -0.39 is 11.9 Å². The van der Waals surface area contributed by atoms with Gasteiger partial charge in [0.1, 0.15) is 11.4 Å². The van der Waals surface area contributed by atoms with E-state index >= 15 is 0 Å². The van der Waals surface area contributed by atoms with Gasteiger partial charge in [-0.2, -0.15) is 10.1 Å². The van der Waals surface area contributed by atoms with Crippen LogP contribution in [0.5, 0.6) is 5.75 Å². The number of aryl methyl sites for hydroxylation is 1. The first-order chi connectivity index (χ1) is 31.4. The van der Waals surface area contributed by atoms with Crippen LogP contribution in [-0.4, -0.2) is 94.4 Å². The number of nitrogens with one attached hydrogen (secondary N) is 3. The molecule has 3 aliphatic heterocycles. The van der Waals surface area contributed by atoms with Crippen molar-refractivity contribution in [2.75, 3.05) is 56.2 Å². The highest BCUT2D eigenvalue weighted by Gasteiger charge is 2.29. The molecule has 0 saturated carbocycles. The van der Waals surface area contributed by atoms with Crippen molar-refractivity contribution in [1.29, 1.82) is 0 Å². The standard InChI is InChI=1S/C50H58N10O5/c1-31-26-36(10-11-37(31)29-52-46(62)47-54-48(57-65-47)50(2,3)4)44-40-27-38(30-51-45(40)56-55-44)34-8-6-33(7-9-34)35-17-21-58(22-18-35)20-14-32-15-23-59(24-16-32)39-12-13-41(42(28-39)64-5)60-25-19-43(61)53-49(60)63/h6-13,26-28,30,32,35H,14-25,29H2,1-5H3,(H,52,62)(H,51,55,56)(H,53,61,63). The summed E-state index contributed by atoms with van der Waals surface area (Å²) in [7, 11) is 1.62. The van der Waals surface area contributed by atoms with E-state index in [1.807, 2.05) is 58.2 Å². The number of fused-ring (bicyclic) bond motifs is 1. The fraction of sp³-hybridized carbons (Fsp3) is 0.420. The number of carbonyl (C=O) groups excluding carboxylic acids is 3. The van der Waals surface area contributed by atoms with Gasteiger partial charge >= 0.3 is 17.8 Å². The molecule has 3 aromatic carbocycles. The summed E-state index contributed by atoms with van der Waals surface area (Å²) in [5.41, 5.74) is 9.57. The van der Waals surface area contributed by atoms with E-state index in [1.165, 1.54) is 24.8 Å². The number of methoxy groups -OCH3 is 1. The van der Waals surface area contributed by atoms with Crippen LogP contribution in [0.15, 0.2) is 77.4 Å². The first-order valence-electron chi connectivity index (χ1n) is 22.8. The number of hydrogen-bond donors (Lipinski definition) is 3. The summed E-state index contributed by atoms with van der Waals surface area (Å²) in [6.45, 7) is 14.0. The molecule has 0 radical (unpaired) electrons. The van der Waals surface area contributed by atoms with Crippen molar-refractivity contribution in [3.8, 4) is 28.1 Å². The molecule has 3 aliphatic rings. The van der Waals surface area contributed by atoms with E-state index in [-0.39, 0.29) is 23.6 Å². The number of hydrogen-bond acceptors (Lipinski definition) is 11. The summed E-state index contributed by atoms with van der Waals surface area (Å²) >= 11 is 0. The van der Waals surface area contributed by atoms with Gasteiger partial charge in [0.05, 0.1) is 12.8 Å². The molecular weight excluding hydrogens is 821 g/mol. The van der Waals surface area contributed by atoms with Crippen molar-refractivity contribution in [3.63, 3.8) is 0 Å². The third kappa shape index (κ3) is 9.61. The maximum Gasteiger partial charge on any atom is 0.328 e. The molecule has 0 bridgehead atoms. The van der Waals surface area contributed by atoms with Gasteiger partial charge in [-0.25, -0.2) is 9.78 Å². The molecule has 0 atom stereocenters. The number of aromatic nitrogens is 5. The highest BCUT2D eigenvalue weighted by Crippen LogP contribution is 2.37. The number of anilines is 2. The fourth-order valence-electron chi connectivity index (χ4n) is 9.36. The van der Waals surface area contributed by atoms with E-state index in [0.29, 0.717) is 42.2 Å². The Morgan fingerprint density at radius 3 is 2.38 bits per heavy atom. The Labute approximate surface area is 379 Å². The predicted molar refractivity (Wildman–Crippen MR) is 250 cm³/mol. The minimum Gasteiger partial charge on any atom is -0.494 e. The van der Waals surface area contributed by atoms with Crippen molar-refractivity contribution >= 4 is 40.3 Å². The summed E-state index contributed by atoms with van der Waals surface area (Å²) in [4.78, 5) is 52.5. The lowest BCUT2D eigenvalue weighted by molar-refractivity contribution is -0.120. The molecule has 4 amide bonds. The number of nitrogens with zero attached hydrogens (tertiary/aromatic N) is 7. The Kier molecular flexibility index (Phi) is 12.4. The van der Waals surface area contributed by atoms with Crippen LogP contribution in [0.2, 0.25) is 0 Å². The number of ether oxygens (including phenoxy) is 1. The van der Waals surface area contributed by atoms with Crippen molar-refractivity contribution in [3.05, 3.63) is 101 Å². The lowest BCUT2D eigenvalue weighted by Crippen LogP contribution is -2.49. The van der Waals surface area contributed by atoms with Crippen LogP contribution < -0.4 is 25.2 Å². The topological polar surface area (TPSA) is 175 Å². The van der Waals surface area contributed by atoms with Gasteiger partial charge < -0.3 is 24.4 Å². The summed E-state index contributed by atoms with van der Waals surface area (Å²) in [6, 6.07) is 22.9. The number of rotatable bonds is 12. The lowest BCUT2D eigenvalue weighted by Gasteiger charge is -2.36. The molecule has 3 saturated heterocycles. The molecule has 15 heteroatoms. The van der Waals surface area contributed by atoms with E-state index in [0.717, 1.165) is 95.8 Å². The molecule has 6 heterocycles. The zero-order chi connectivity index (χ0) is 45.2. The number of piperidine rings is 2. The van der Waals surface area contributed by atoms with E-state index in [1.54, 1.807) is 12.0 Å². The van der Waals surface area contributed by atoms with Gasteiger partial charge in [0.25, 0.3) is 0 Å². The van der Waals surface area contributed by atoms with Gasteiger partial charge in [0, 0.05) is 72.5 Å². The van der Waals surface area contributed by atoms with Gasteiger partial charge in [-0.15, -0.1) is 0 Å². The molecule has 15 nitrogen and oxygen atoms in total. The van der Waals surface area contributed by atoms with Crippen LogP contribution in [0, 0.1) is 12.8 Å². The number of H-pyrrole nitrogens is 1. The number of likely N-dealkylation sites (tertiary alicyclic amines) is 1. The number of benzene rings is 3. The van der Waals surface area contributed by atoms with E-state index in [9.17, 15) is 14.4 Å². The molecule has 65 heavy (non-hydrogen) atoms. The average molecular weight is 879 g/mol. The third-order valence-corrected chi connectivity index (χ3v) is 13.4. The summed E-state index contributed by atoms with van der Waals surface area (Å²) in [5, 5.41) is 18.0. The second kappa shape index (κ2) is 18.5. The molecule has 6 aromatic rings. The molecule has 3 fully saturated rings. The van der Waals surface area contributed by atoms with E-state index in [2.05, 4.69) is 83.2 Å². The molecule has 338 valence electrons. The zero-order valence-corrected chi connectivity index (χ0v) is 37.9. The molecule has 0 spiro atoms. The number of imide groups is 1. The largest absolute Gasteiger partial charge is 0.494 e. The fourth-order valence-corrected chi connectivity index (χ4v) is 9.36.